The van der Waals surface area contributed by atoms with Crippen LogP contribution in [0.4, 0.5) is 0 Å². The molecule has 0 spiro atoms. The Labute approximate surface area is 90.9 Å². The number of carbonyl (C=O) groups is 1. The number of ketones is 1. The van der Waals surface area contributed by atoms with Crippen molar-refractivity contribution in [2.45, 2.75) is 19.3 Å². The fraction of sp³-hybridized carbons (Fsp3) is 0.364. The van der Waals surface area contributed by atoms with E-state index in [9.17, 15) is 4.79 Å². The topological polar surface area (TPSA) is 43.1 Å². The van der Waals surface area contributed by atoms with Gasteiger partial charge in [-0.2, -0.15) is 0 Å². The van der Waals surface area contributed by atoms with Crippen LogP contribution in [0.5, 0.6) is 0 Å². The minimum absolute atomic E-state index is 0. The fourth-order valence-electron chi connectivity index (χ4n) is 1.27. The van der Waals surface area contributed by atoms with Gasteiger partial charge in [-0.15, -0.1) is 12.4 Å². The minimum atomic E-state index is -0.462. The number of rotatable bonds is 3. The molecule has 78 valence electrons. The van der Waals surface area contributed by atoms with Gasteiger partial charge in [0.15, 0.2) is 5.78 Å². The second kappa shape index (κ2) is 5.13. The lowest BCUT2D eigenvalue weighted by Gasteiger charge is -2.22. The number of nitrogens with two attached hydrogens (primary N) is 1. The van der Waals surface area contributed by atoms with E-state index >= 15 is 0 Å². The van der Waals surface area contributed by atoms with Gasteiger partial charge in [0, 0.05) is 5.41 Å². The summed E-state index contributed by atoms with van der Waals surface area (Å²) in [7, 11) is 0. The lowest BCUT2D eigenvalue weighted by molar-refractivity contribution is -0.122. The van der Waals surface area contributed by atoms with Crippen LogP contribution >= 0.6 is 12.4 Å². The summed E-state index contributed by atoms with van der Waals surface area (Å²) in [5.41, 5.74) is 5.90. The zero-order valence-electron chi connectivity index (χ0n) is 8.49. The lowest BCUT2D eigenvalue weighted by Crippen LogP contribution is -2.34. The van der Waals surface area contributed by atoms with Gasteiger partial charge < -0.3 is 5.73 Å². The molecule has 0 aromatic heterocycles. The zero-order valence-corrected chi connectivity index (χ0v) is 9.30. The van der Waals surface area contributed by atoms with Gasteiger partial charge in [-0.05, 0) is 19.4 Å². The van der Waals surface area contributed by atoms with Gasteiger partial charge in [0.2, 0.25) is 0 Å². The fourth-order valence-corrected chi connectivity index (χ4v) is 1.27. The Morgan fingerprint density at radius 2 is 1.79 bits per heavy atom. The molecule has 0 aliphatic rings. The highest BCUT2D eigenvalue weighted by molar-refractivity contribution is 5.90. The van der Waals surface area contributed by atoms with Crippen LogP contribution in [0.1, 0.15) is 19.4 Å². The van der Waals surface area contributed by atoms with Crippen LogP contribution in [-0.2, 0) is 10.2 Å². The summed E-state index contributed by atoms with van der Waals surface area (Å²) in [5.74, 6) is 0.0682. The molecule has 0 aliphatic carbocycles. The first-order valence-electron chi connectivity index (χ1n) is 4.38. The molecule has 0 amide bonds. The molecule has 2 N–H and O–H groups in total. The van der Waals surface area contributed by atoms with E-state index in [-0.39, 0.29) is 24.7 Å². The van der Waals surface area contributed by atoms with Crippen LogP contribution in [0.3, 0.4) is 0 Å². The monoisotopic (exact) mass is 213 g/mol. The van der Waals surface area contributed by atoms with Crippen LogP contribution in [0.2, 0.25) is 0 Å². The van der Waals surface area contributed by atoms with E-state index in [1.165, 1.54) is 0 Å². The molecule has 0 saturated heterocycles. The summed E-state index contributed by atoms with van der Waals surface area (Å²) in [6, 6.07) is 9.70. The zero-order chi connectivity index (χ0) is 9.90. The normalized spacial score (nSPS) is 10.5. The van der Waals surface area contributed by atoms with Crippen LogP contribution in [-0.4, -0.2) is 12.3 Å². The summed E-state index contributed by atoms with van der Waals surface area (Å²) >= 11 is 0. The number of halogens is 1. The van der Waals surface area contributed by atoms with Crippen molar-refractivity contribution in [3.63, 3.8) is 0 Å². The molecular weight excluding hydrogens is 198 g/mol. The molecule has 1 aromatic carbocycles. The third-order valence-electron chi connectivity index (χ3n) is 2.38. The summed E-state index contributed by atoms with van der Waals surface area (Å²) in [6.45, 7) is 3.90. The summed E-state index contributed by atoms with van der Waals surface area (Å²) in [5, 5.41) is 0. The molecule has 3 heteroatoms. The molecule has 0 fully saturated rings. The van der Waals surface area contributed by atoms with Crippen molar-refractivity contribution in [3.8, 4) is 0 Å². The van der Waals surface area contributed by atoms with Gasteiger partial charge in [0.1, 0.15) is 0 Å². The third kappa shape index (κ3) is 2.56. The summed E-state index contributed by atoms with van der Waals surface area (Å²) in [6.07, 6.45) is 0. The molecule has 0 radical (unpaired) electrons. The van der Waals surface area contributed by atoms with Crippen molar-refractivity contribution in [3.05, 3.63) is 35.9 Å². The number of benzene rings is 1. The quantitative estimate of drug-likeness (QED) is 0.834. The lowest BCUT2D eigenvalue weighted by atomic mass is 9.81. The van der Waals surface area contributed by atoms with Gasteiger partial charge in [0.05, 0.1) is 6.54 Å². The average Bonchev–Trinajstić information content (AvgIpc) is 2.18. The number of hydrogen-bond donors (Lipinski definition) is 1. The van der Waals surface area contributed by atoms with Gasteiger partial charge in [-0.1, -0.05) is 30.3 Å². The highest BCUT2D eigenvalue weighted by Gasteiger charge is 2.27. The van der Waals surface area contributed by atoms with Crippen LogP contribution in [0.25, 0.3) is 0 Å². The maximum Gasteiger partial charge on any atom is 0.156 e. The van der Waals surface area contributed by atoms with Crippen molar-refractivity contribution in [1.82, 2.24) is 0 Å². The molecule has 14 heavy (non-hydrogen) atoms. The summed E-state index contributed by atoms with van der Waals surface area (Å²) in [4.78, 5) is 11.5. The predicted octanol–water partition coefficient (Wildman–Crippen LogP) is 1.91. The Hall–Kier alpha value is -0.860. The number of hydrogen-bond acceptors (Lipinski definition) is 2. The largest absolute Gasteiger partial charge is 0.324 e. The van der Waals surface area contributed by atoms with E-state index in [1.54, 1.807) is 0 Å². The maximum absolute atomic E-state index is 11.5. The maximum atomic E-state index is 11.5. The van der Waals surface area contributed by atoms with Gasteiger partial charge in [-0.3, -0.25) is 4.79 Å². The minimum Gasteiger partial charge on any atom is -0.324 e. The number of carbonyl (C=O) groups excluding carboxylic acids is 1. The van der Waals surface area contributed by atoms with Crippen LogP contribution < -0.4 is 5.73 Å². The molecule has 0 bridgehead atoms. The van der Waals surface area contributed by atoms with E-state index in [1.807, 2.05) is 44.2 Å². The van der Waals surface area contributed by atoms with E-state index in [2.05, 4.69) is 0 Å². The smallest absolute Gasteiger partial charge is 0.156 e. The standard InChI is InChI=1S/C11H15NO.ClH/c1-11(2,10(13)8-12)9-6-4-3-5-7-9;/h3-7H,8,12H2,1-2H3;1H. The van der Waals surface area contributed by atoms with E-state index in [0.29, 0.717) is 0 Å². The molecular formula is C11H16ClNO. The van der Waals surface area contributed by atoms with E-state index in [4.69, 9.17) is 5.73 Å². The molecule has 0 unspecified atom stereocenters. The van der Waals surface area contributed by atoms with E-state index in [0.717, 1.165) is 5.56 Å². The first-order chi connectivity index (χ1) is 6.09. The molecule has 1 rings (SSSR count). The van der Waals surface area contributed by atoms with Crippen molar-refractivity contribution in [2.75, 3.05) is 6.54 Å². The Morgan fingerprint density at radius 3 is 2.21 bits per heavy atom. The van der Waals surface area contributed by atoms with Gasteiger partial charge in [-0.25, -0.2) is 0 Å². The molecule has 0 atom stereocenters. The van der Waals surface area contributed by atoms with Crippen LogP contribution in [0, 0.1) is 0 Å². The second-order valence-corrected chi connectivity index (χ2v) is 3.62. The Morgan fingerprint density at radius 1 is 1.29 bits per heavy atom. The van der Waals surface area contributed by atoms with Crippen molar-refractivity contribution >= 4 is 18.2 Å². The first-order valence-corrected chi connectivity index (χ1v) is 4.38. The molecule has 1 aromatic rings. The van der Waals surface area contributed by atoms with Crippen LogP contribution in [0.15, 0.2) is 30.3 Å². The van der Waals surface area contributed by atoms with Crippen molar-refractivity contribution < 1.29 is 4.79 Å². The Balaban J connectivity index is 0.00000169. The third-order valence-corrected chi connectivity index (χ3v) is 2.38. The van der Waals surface area contributed by atoms with Crippen molar-refractivity contribution in [1.29, 1.82) is 0 Å². The molecule has 0 aliphatic heterocycles. The molecule has 2 nitrogen and oxygen atoms in total. The highest BCUT2D eigenvalue weighted by atomic mass is 35.5. The second-order valence-electron chi connectivity index (χ2n) is 3.62. The first kappa shape index (κ1) is 13.1. The highest BCUT2D eigenvalue weighted by Crippen LogP contribution is 2.23. The summed E-state index contributed by atoms with van der Waals surface area (Å²) < 4.78 is 0. The predicted molar refractivity (Wildman–Crippen MR) is 60.8 cm³/mol. The van der Waals surface area contributed by atoms with Crippen molar-refractivity contribution in [2.24, 2.45) is 5.73 Å². The average molecular weight is 214 g/mol. The van der Waals surface area contributed by atoms with Gasteiger partial charge in [0.25, 0.3) is 0 Å². The molecule has 0 heterocycles. The van der Waals surface area contributed by atoms with E-state index < -0.39 is 5.41 Å². The SMILES string of the molecule is CC(C)(C(=O)CN)c1ccccc1.Cl. The Bertz CT molecular complexity index is 295. The Kier molecular flexibility index (Phi) is 4.81. The number of Topliss-reactive ketones (excluding diaryl/α,β-unsaturated/α-hetero) is 1. The molecule has 0 saturated carbocycles. The van der Waals surface area contributed by atoms with Gasteiger partial charge >= 0.3 is 0 Å².